The first kappa shape index (κ1) is 14.0. The molecule has 0 aliphatic rings. The Kier molecular flexibility index (Phi) is 4.71. The van der Waals surface area contributed by atoms with Gasteiger partial charge in [0.05, 0.1) is 13.5 Å². The number of ether oxygens (including phenoxy) is 2. The van der Waals surface area contributed by atoms with Gasteiger partial charge in [-0.1, -0.05) is 0 Å². The quantitative estimate of drug-likeness (QED) is 0.785. The lowest BCUT2D eigenvalue weighted by atomic mass is 10.1. The van der Waals surface area contributed by atoms with E-state index in [4.69, 9.17) is 14.6 Å². The molecule has 1 aromatic rings. The minimum Gasteiger partial charge on any atom is -0.493 e. The van der Waals surface area contributed by atoms with Crippen molar-refractivity contribution >= 4 is 11.8 Å². The van der Waals surface area contributed by atoms with E-state index in [9.17, 15) is 9.59 Å². The molecule has 1 N–H and O–H groups in total. The van der Waals surface area contributed by atoms with E-state index in [-0.39, 0.29) is 12.2 Å². The molecule has 98 valence electrons. The summed E-state index contributed by atoms with van der Waals surface area (Å²) in [4.78, 5) is 21.8. The average Bonchev–Trinajstić information content (AvgIpc) is 2.27. The monoisotopic (exact) mass is 252 g/mol. The van der Waals surface area contributed by atoms with Crippen LogP contribution < -0.4 is 9.47 Å². The van der Waals surface area contributed by atoms with E-state index >= 15 is 0 Å². The molecule has 0 radical (unpaired) electrons. The third kappa shape index (κ3) is 3.76. The molecule has 5 nitrogen and oxygen atoms in total. The molecular formula is C13H16O5. The largest absolute Gasteiger partial charge is 0.493 e. The highest BCUT2D eigenvalue weighted by atomic mass is 16.5. The molecule has 5 heteroatoms. The molecule has 1 aromatic carbocycles. The summed E-state index contributed by atoms with van der Waals surface area (Å²) in [5, 5.41) is 8.65. The van der Waals surface area contributed by atoms with E-state index < -0.39 is 12.1 Å². The lowest BCUT2D eigenvalue weighted by Crippen LogP contribution is -2.17. The maximum atomic E-state index is 11.2. The number of methoxy groups -OCH3 is 1. The van der Waals surface area contributed by atoms with Gasteiger partial charge in [-0.05, 0) is 32.0 Å². The van der Waals surface area contributed by atoms with Gasteiger partial charge in [-0.25, -0.2) is 0 Å². The maximum absolute atomic E-state index is 11.2. The topological polar surface area (TPSA) is 72.8 Å². The average molecular weight is 252 g/mol. The molecule has 0 unspecified atom stereocenters. The highest BCUT2D eigenvalue weighted by Gasteiger charge is 2.13. The van der Waals surface area contributed by atoms with Crippen molar-refractivity contribution in [1.29, 1.82) is 0 Å². The standard InChI is InChI=1S/C13H16O5/c1-8(6-13(15)16)18-11-5-4-10(9(2)14)7-12(11)17-3/h4-5,7-8H,6H2,1-3H3,(H,15,16)/t8-/m1/s1. The number of carboxylic acids is 1. The normalized spacial score (nSPS) is 11.7. The minimum atomic E-state index is -0.929. The number of benzene rings is 1. The van der Waals surface area contributed by atoms with Crippen molar-refractivity contribution in [3.63, 3.8) is 0 Å². The fraction of sp³-hybridized carbons (Fsp3) is 0.385. The molecule has 0 aromatic heterocycles. The Morgan fingerprint density at radius 3 is 2.50 bits per heavy atom. The summed E-state index contributed by atoms with van der Waals surface area (Å²) < 4.78 is 10.6. The van der Waals surface area contributed by atoms with Gasteiger partial charge in [0.1, 0.15) is 6.10 Å². The van der Waals surface area contributed by atoms with E-state index in [1.165, 1.54) is 14.0 Å². The highest BCUT2D eigenvalue weighted by molar-refractivity contribution is 5.94. The minimum absolute atomic E-state index is 0.0709. The number of ketones is 1. The van der Waals surface area contributed by atoms with Gasteiger partial charge < -0.3 is 14.6 Å². The van der Waals surface area contributed by atoms with Crippen LogP contribution in [0.5, 0.6) is 11.5 Å². The van der Waals surface area contributed by atoms with Crippen LogP contribution in [0.25, 0.3) is 0 Å². The molecule has 0 heterocycles. The van der Waals surface area contributed by atoms with Crippen LogP contribution in [0.1, 0.15) is 30.6 Å². The SMILES string of the molecule is COc1cc(C(C)=O)ccc1O[C@H](C)CC(=O)O. The first-order valence-electron chi connectivity index (χ1n) is 5.51. The number of hydrogen-bond acceptors (Lipinski definition) is 4. The Labute approximate surface area is 105 Å². The number of aliphatic carboxylic acids is 1. The number of hydrogen-bond donors (Lipinski definition) is 1. The van der Waals surface area contributed by atoms with Crippen molar-refractivity contribution in [3.05, 3.63) is 23.8 Å². The van der Waals surface area contributed by atoms with Gasteiger partial charge in [-0.2, -0.15) is 0 Å². The Hall–Kier alpha value is -2.04. The molecule has 0 aliphatic carbocycles. The fourth-order valence-corrected chi connectivity index (χ4v) is 1.49. The van der Waals surface area contributed by atoms with Gasteiger partial charge >= 0.3 is 5.97 Å². The Balaban J connectivity index is 2.88. The van der Waals surface area contributed by atoms with Gasteiger partial charge in [-0.3, -0.25) is 9.59 Å². The lowest BCUT2D eigenvalue weighted by Gasteiger charge is -2.15. The predicted molar refractivity (Wildman–Crippen MR) is 65.3 cm³/mol. The molecule has 0 aliphatic heterocycles. The Morgan fingerprint density at radius 2 is 2.00 bits per heavy atom. The third-order valence-electron chi connectivity index (χ3n) is 2.36. The number of carbonyl (C=O) groups is 2. The Bertz CT molecular complexity index is 453. The third-order valence-corrected chi connectivity index (χ3v) is 2.36. The molecule has 0 amide bonds. The number of rotatable bonds is 6. The molecule has 1 rings (SSSR count). The summed E-state index contributed by atoms with van der Waals surface area (Å²) >= 11 is 0. The van der Waals surface area contributed by atoms with Crippen molar-refractivity contribution in [2.24, 2.45) is 0 Å². The van der Waals surface area contributed by atoms with Crippen LogP contribution in [0.15, 0.2) is 18.2 Å². The summed E-state index contributed by atoms with van der Waals surface area (Å²) in [5.74, 6) is -0.156. The second-order valence-electron chi connectivity index (χ2n) is 3.95. The first-order chi connectivity index (χ1) is 8.43. The van der Waals surface area contributed by atoms with Crippen LogP contribution >= 0.6 is 0 Å². The number of carboxylic acid groups (broad SMARTS) is 1. The van der Waals surface area contributed by atoms with Crippen LogP contribution in [0, 0.1) is 0 Å². The first-order valence-corrected chi connectivity index (χ1v) is 5.51. The van der Waals surface area contributed by atoms with E-state index in [1.807, 2.05) is 0 Å². The maximum Gasteiger partial charge on any atom is 0.307 e. The second-order valence-corrected chi connectivity index (χ2v) is 3.95. The van der Waals surface area contributed by atoms with Gasteiger partial charge in [0.25, 0.3) is 0 Å². The van der Waals surface area contributed by atoms with Crippen LogP contribution in [-0.2, 0) is 4.79 Å². The summed E-state index contributed by atoms with van der Waals surface area (Å²) in [6.07, 6.45) is -0.572. The molecule has 0 spiro atoms. The van der Waals surface area contributed by atoms with Crippen LogP contribution in [0.3, 0.4) is 0 Å². The lowest BCUT2D eigenvalue weighted by molar-refractivity contribution is -0.138. The van der Waals surface area contributed by atoms with Gasteiger partial charge in [0.2, 0.25) is 0 Å². The van der Waals surface area contributed by atoms with Crippen molar-refractivity contribution in [2.75, 3.05) is 7.11 Å². The van der Waals surface area contributed by atoms with Crippen molar-refractivity contribution in [3.8, 4) is 11.5 Å². The van der Waals surface area contributed by atoms with Crippen LogP contribution in [-0.4, -0.2) is 30.1 Å². The summed E-state index contributed by atoms with van der Waals surface area (Å²) in [6.45, 7) is 3.12. The zero-order valence-corrected chi connectivity index (χ0v) is 10.6. The Morgan fingerprint density at radius 1 is 1.33 bits per heavy atom. The van der Waals surface area contributed by atoms with Crippen molar-refractivity contribution in [1.82, 2.24) is 0 Å². The summed E-state index contributed by atoms with van der Waals surface area (Å²) in [5.41, 5.74) is 0.519. The van der Waals surface area contributed by atoms with Crippen molar-refractivity contribution in [2.45, 2.75) is 26.4 Å². The van der Waals surface area contributed by atoms with E-state index in [0.29, 0.717) is 17.1 Å². The molecule has 18 heavy (non-hydrogen) atoms. The van der Waals surface area contributed by atoms with E-state index in [2.05, 4.69) is 0 Å². The molecule has 0 bridgehead atoms. The molecule has 1 atom stereocenters. The van der Waals surface area contributed by atoms with Crippen LogP contribution in [0.4, 0.5) is 0 Å². The second kappa shape index (κ2) is 6.05. The summed E-state index contributed by atoms with van der Waals surface area (Å²) in [6, 6.07) is 4.80. The van der Waals surface area contributed by atoms with Gasteiger partial charge in [0.15, 0.2) is 17.3 Å². The van der Waals surface area contributed by atoms with E-state index in [0.717, 1.165) is 0 Å². The zero-order chi connectivity index (χ0) is 13.7. The predicted octanol–water partition coefficient (Wildman–Crippen LogP) is 2.14. The number of Topliss-reactive ketones (excluding diaryl/α,β-unsaturated/α-hetero) is 1. The highest BCUT2D eigenvalue weighted by Crippen LogP contribution is 2.29. The summed E-state index contributed by atoms with van der Waals surface area (Å²) in [7, 11) is 1.47. The zero-order valence-electron chi connectivity index (χ0n) is 10.6. The smallest absolute Gasteiger partial charge is 0.307 e. The molecule has 0 saturated heterocycles. The fourth-order valence-electron chi connectivity index (χ4n) is 1.49. The molecule has 0 saturated carbocycles. The van der Waals surface area contributed by atoms with Crippen LogP contribution in [0.2, 0.25) is 0 Å². The number of carbonyl (C=O) groups excluding carboxylic acids is 1. The van der Waals surface area contributed by atoms with Gasteiger partial charge in [0, 0.05) is 5.56 Å². The molecule has 0 fully saturated rings. The molecular weight excluding hydrogens is 236 g/mol. The van der Waals surface area contributed by atoms with E-state index in [1.54, 1.807) is 25.1 Å². The van der Waals surface area contributed by atoms with Gasteiger partial charge in [-0.15, -0.1) is 0 Å². The van der Waals surface area contributed by atoms with Crippen molar-refractivity contribution < 1.29 is 24.2 Å².